The first-order valence-electron chi connectivity index (χ1n) is 35.7. The Morgan fingerprint density at radius 2 is 0.633 bits per heavy atom. The van der Waals surface area contributed by atoms with E-state index in [1.54, 1.807) is 0 Å². The Kier molecular flexibility index (Phi) is 66.9. The zero-order valence-electron chi connectivity index (χ0n) is 53.4. The lowest BCUT2D eigenvalue weighted by molar-refractivity contribution is -0.143. The summed E-state index contributed by atoms with van der Waals surface area (Å²) in [6.45, 7) is 4.94. The summed E-state index contributed by atoms with van der Waals surface area (Å²) in [7, 11) is 0. The molecule has 0 fully saturated rings. The van der Waals surface area contributed by atoms with Gasteiger partial charge in [0.25, 0.3) is 0 Å². The Labute approximate surface area is 494 Å². The normalized spacial score (nSPS) is 12.7. The molecule has 2 atom stereocenters. The number of aliphatic hydroxyl groups excluding tert-OH is 2. The van der Waals surface area contributed by atoms with Crippen molar-refractivity contribution in [2.75, 3.05) is 13.2 Å². The average Bonchev–Trinajstić information content (AvgIpc) is 3.45. The molecule has 0 rings (SSSR count). The van der Waals surface area contributed by atoms with Crippen molar-refractivity contribution in [1.29, 1.82) is 0 Å². The minimum absolute atomic E-state index is 0.0152. The van der Waals surface area contributed by atoms with Crippen molar-refractivity contribution >= 4 is 11.9 Å². The van der Waals surface area contributed by atoms with Gasteiger partial charge in [-0.3, -0.25) is 9.59 Å². The molecule has 6 heteroatoms. The molecule has 0 heterocycles. The van der Waals surface area contributed by atoms with Gasteiger partial charge in [0.05, 0.1) is 25.4 Å². The highest BCUT2D eigenvalue weighted by Crippen LogP contribution is 2.19. The molecule has 466 valence electrons. The summed E-state index contributed by atoms with van der Waals surface area (Å²) in [4.78, 5) is 24.6. The van der Waals surface area contributed by atoms with Crippen LogP contribution in [0, 0.1) is 0 Å². The molecule has 2 unspecified atom stereocenters. The van der Waals surface area contributed by atoms with Crippen molar-refractivity contribution in [3.8, 4) is 0 Å². The highest BCUT2D eigenvalue weighted by atomic mass is 16.5. The van der Waals surface area contributed by atoms with Crippen LogP contribution in [-0.2, 0) is 14.3 Å². The van der Waals surface area contributed by atoms with E-state index in [1.807, 2.05) is 0 Å². The van der Waals surface area contributed by atoms with E-state index >= 15 is 0 Å². The van der Waals surface area contributed by atoms with E-state index in [0.717, 1.165) is 51.4 Å². The smallest absolute Gasteiger partial charge is 0.305 e. The van der Waals surface area contributed by atoms with Crippen molar-refractivity contribution in [3.05, 3.63) is 36.5 Å². The number of carbonyl (C=O) groups excluding carboxylic acids is 2. The second-order valence-electron chi connectivity index (χ2n) is 24.6. The van der Waals surface area contributed by atoms with Crippen LogP contribution in [0.3, 0.4) is 0 Å². The topological polar surface area (TPSA) is 95.9 Å². The molecule has 0 spiro atoms. The van der Waals surface area contributed by atoms with Gasteiger partial charge in [-0.05, 0) is 83.5 Å². The van der Waals surface area contributed by atoms with Crippen LogP contribution in [0.25, 0.3) is 0 Å². The monoisotopic (exact) mass is 1110 g/mol. The number of aliphatic hydroxyl groups is 2. The molecule has 0 saturated heterocycles. The van der Waals surface area contributed by atoms with E-state index < -0.39 is 12.1 Å². The lowest BCUT2D eigenvalue weighted by Crippen LogP contribution is -2.45. The molecule has 0 aliphatic carbocycles. The van der Waals surface area contributed by atoms with Crippen LogP contribution in [0.4, 0.5) is 0 Å². The molecule has 0 aromatic heterocycles. The fourth-order valence-electron chi connectivity index (χ4n) is 11.2. The van der Waals surface area contributed by atoms with E-state index in [2.05, 4.69) is 55.6 Å². The van der Waals surface area contributed by atoms with Gasteiger partial charge in [-0.2, -0.15) is 0 Å². The molecule has 1 amide bonds. The Hall–Kier alpha value is -1.92. The maximum atomic E-state index is 12.4. The quantitative estimate of drug-likeness (QED) is 0.0320. The molecule has 6 nitrogen and oxygen atoms in total. The van der Waals surface area contributed by atoms with E-state index in [0.29, 0.717) is 25.9 Å². The van der Waals surface area contributed by atoms with E-state index in [-0.39, 0.29) is 18.5 Å². The Morgan fingerprint density at radius 1 is 0.354 bits per heavy atom. The predicted molar refractivity (Wildman–Crippen MR) is 347 cm³/mol. The maximum Gasteiger partial charge on any atom is 0.305 e. The van der Waals surface area contributed by atoms with E-state index in [1.165, 1.54) is 308 Å². The number of rotatable bonds is 67. The van der Waals surface area contributed by atoms with Gasteiger partial charge in [-0.25, -0.2) is 0 Å². The molecule has 0 aliphatic rings. The van der Waals surface area contributed by atoms with Gasteiger partial charge in [0.15, 0.2) is 0 Å². The van der Waals surface area contributed by atoms with Crippen LogP contribution in [0.2, 0.25) is 0 Å². The van der Waals surface area contributed by atoms with Gasteiger partial charge >= 0.3 is 5.97 Å². The third-order valence-electron chi connectivity index (χ3n) is 16.7. The molecule has 3 N–H and O–H groups in total. The van der Waals surface area contributed by atoms with Crippen LogP contribution in [0.15, 0.2) is 36.5 Å². The third-order valence-corrected chi connectivity index (χ3v) is 16.7. The number of amides is 1. The van der Waals surface area contributed by atoms with Crippen LogP contribution in [0.1, 0.15) is 393 Å². The number of hydrogen-bond donors (Lipinski definition) is 3. The highest BCUT2D eigenvalue weighted by molar-refractivity contribution is 5.76. The fraction of sp³-hybridized carbons (Fsp3) is 0.890. The zero-order valence-corrected chi connectivity index (χ0v) is 53.4. The number of esters is 1. The summed E-state index contributed by atoms with van der Waals surface area (Å²) in [5, 5.41) is 23.2. The minimum Gasteiger partial charge on any atom is -0.466 e. The van der Waals surface area contributed by atoms with Crippen LogP contribution >= 0.6 is 0 Å². The summed E-state index contributed by atoms with van der Waals surface area (Å²) in [5.74, 6) is -0.0168. The van der Waals surface area contributed by atoms with Gasteiger partial charge in [0.2, 0.25) is 5.91 Å². The summed E-state index contributed by atoms with van der Waals surface area (Å²) in [6.07, 6.45) is 87.9. The molecule has 0 aromatic rings. The Morgan fingerprint density at radius 3 is 1.00 bits per heavy atom. The first kappa shape index (κ1) is 77.1. The number of nitrogens with one attached hydrogen (secondary N) is 1. The van der Waals surface area contributed by atoms with E-state index in [4.69, 9.17) is 4.74 Å². The van der Waals surface area contributed by atoms with Gasteiger partial charge in [-0.15, -0.1) is 0 Å². The molecular weight excluding hydrogens is 971 g/mol. The summed E-state index contributed by atoms with van der Waals surface area (Å²) >= 11 is 0. The lowest BCUT2D eigenvalue weighted by Gasteiger charge is -2.22. The molecule has 0 radical (unpaired) electrons. The second kappa shape index (κ2) is 68.6. The van der Waals surface area contributed by atoms with Crippen molar-refractivity contribution in [1.82, 2.24) is 5.32 Å². The molecular formula is C73H139NO5. The van der Waals surface area contributed by atoms with Crippen LogP contribution in [-0.4, -0.2) is 47.4 Å². The van der Waals surface area contributed by atoms with Gasteiger partial charge in [-0.1, -0.05) is 333 Å². The number of ether oxygens (including phenoxy) is 1. The molecule has 0 bridgehead atoms. The van der Waals surface area contributed by atoms with Gasteiger partial charge in [0, 0.05) is 12.8 Å². The van der Waals surface area contributed by atoms with E-state index in [9.17, 15) is 19.8 Å². The largest absolute Gasteiger partial charge is 0.466 e. The Balaban J connectivity index is 3.32. The van der Waals surface area contributed by atoms with Crippen molar-refractivity contribution < 1.29 is 24.5 Å². The van der Waals surface area contributed by atoms with Crippen molar-refractivity contribution in [2.45, 2.75) is 405 Å². The lowest BCUT2D eigenvalue weighted by atomic mass is 10.0. The molecule has 0 saturated carbocycles. The average molecular weight is 1110 g/mol. The summed E-state index contributed by atoms with van der Waals surface area (Å²) < 4.78 is 5.51. The number of allylic oxidation sites excluding steroid dienone is 6. The Bertz CT molecular complexity index is 1280. The number of hydrogen-bond acceptors (Lipinski definition) is 5. The summed E-state index contributed by atoms with van der Waals surface area (Å²) in [6, 6.07) is -0.537. The molecule has 0 aliphatic heterocycles. The molecule has 0 aromatic carbocycles. The highest BCUT2D eigenvalue weighted by Gasteiger charge is 2.20. The number of unbranched alkanes of at least 4 members (excludes halogenated alkanes) is 50. The predicted octanol–water partition coefficient (Wildman–Crippen LogP) is 23.1. The first-order valence-corrected chi connectivity index (χ1v) is 35.7. The number of carbonyl (C=O) groups is 2. The van der Waals surface area contributed by atoms with Gasteiger partial charge < -0.3 is 20.3 Å². The SMILES string of the molecule is CCCCC/C=C\C/C=C\CCCCCCCCCCCC(=O)OCCCCCCCCCCCCCC/C=C\CCCCCCCCCCCCCCCCCCCC(=O)NC(CO)C(O)CCCCCCCCCCCC. The van der Waals surface area contributed by atoms with Crippen LogP contribution < -0.4 is 5.32 Å². The first-order chi connectivity index (χ1) is 39.0. The van der Waals surface area contributed by atoms with Crippen molar-refractivity contribution in [3.63, 3.8) is 0 Å². The fourth-order valence-corrected chi connectivity index (χ4v) is 11.2. The zero-order chi connectivity index (χ0) is 57.1. The second-order valence-corrected chi connectivity index (χ2v) is 24.6. The van der Waals surface area contributed by atoms with Crippen molar-refractivity contribution in [2.24, 2.45) is 0 Å². The third kappa shape index (κ3) is 65.1. The van der Waals surface area contributed by atoms with Gasteiger partial charge in [0.1, 0.15) is 0 Å². The standard InChI is InChI=1S/C73H139NO5/c1-3-5-7-9-11-13-15-16-17-18-34-38-41-44-47-51-55-59-63-67-73(78)79-68-64-60-56-52-48-45-42-39-36-33-31-29-27-25-23-21-19-20-22-24-26-28-30-32-35-37-40-43-46-50-54-58-62-66-72(77)74-70(69-75)71(76)65-61-57-53-49-14-12-10-8-6-4-2/h11,13,16-17,23,25,70-71,75-76H,3-10,12,14-15,18-22,24,26-69H2,1-2H3,(H,74,77)/b13-11-,17-16-,25-23-. The summed E-state index contributed by atoms with van der Waals surface area (Å²) in [5.41, 5.74) is 0. The van der Waals surface area contributed by atoms with Crippen LogP contribution in [0.5, 0.6) is 0 Å². The molecule has 79 heavy (non-hydrogen) atoms. The maximum absolute atomic E-state index is 12.4. The minimum atomic E-state index is -0.660.